The van der Waals surface area contributed by atoms with Crippen LogP contribution in [0, 0.1) is 6.92 Å². The third kappa shape index (κ3) is 4.39. The molecule has 1 aliphatic rings. The van der Waals surface area contributed by atoms with Gasteiger partial charge in [-0.25, -0.2) is 4.79 Å². The molecule has 2 aromatic rings. The Hall–Kier alpha value is -2.60. The molecule has 0 radical (unpaired) electrons. The molecule has 0 bridgehead atoms. The standard InChI is InChI=1S/C21H27N3O3/c1-3-24-13-15(2)20(21(26)27)18(24)12-19(25)22-9-11-23-10-8-16-6-4-5-7-17(16)14-23/h4-7,13H,3,8-12,14H2,1-2H3,(H,22,25)(H,26,27). The molecule has 2 heterocycles. The summed E-state index contributed by atoms with van der Waals surface area (Å²) in [5.41, 5.74) is 4.29. The normalized spacial score (nSPS) is 14.0. The van der Waals surface area contributed by atoms with E-state index in [1.807, 2.05) is 11.5 Å². The lowest BCUT2D eigenvalue weighted by atomic mass is 10.00. The van der Waals surface area contributed by atoms with E-state index in [-0.39, 0.29) is 17.9 Å². The number of amides is 1. The quantitative estimate of drug-likeness (QED) is 0.785. The van der Waals surface area contributed by atoms with Gasteiger partial charge in [0.1, 0.15) is 0 Å². The fourth-order valence-corrected chi connectivity index (χ4v) is 3.82. The van der Waals surface area contributed by atoms with Crippen LogP contribution in [-0.2, 0) is 30.7 Å². The number of aromatic nitrogens is 1. The molecular formula is C21H27N3O3. The number of carboxylic acids is 1. The summed E-state index contributed by atoms with van der Waals surface area (Å²) in [5, 5.41) is 12.4. The second-order valence-corrected chi connectivity index (χ2v) is 7.05. The van der Waals surface area contributed by atoms with E-state index in [0.29, 0.717) is 24.3 Å². The zero-order valence-corrected chi connectivity index (χ0v) is 16.0. The largest absolute Gasteiger partial charge is 0.478 e. The number of nitrogens with zero attached hydrogens (tertiary/aromatic N) is 2. The van der Waals surface area contributed by atoms with Crippen molar-refractivity contribution in [1.82, 2.24) is 14.8 Å². The first-order valence-corrected chi connectivity index (χ1v) is 9.47. The molecule has 6 heteroatoms. The molecule has 1 aromatic carbocycles. The van der Waals surface area contributed by atoms with Gasteiger partial charge in [0.2, 0.25) is 5.91 Å². The van der Waals surface area contributed by atoms with Crippen molar-refractivity contribution in [2.75, 3.05) is 19.6 Å². The summed E-state index contributed by atoms with van der Waals surface area (Å²) in [5.74, 6) is -1.11. The number of hydrogen-bond donors (Lipinski definition) is 2. The van der Waals surface area contributed by atoms with Crippen molar-refractivity contribution in [2.45, 2.75) is 39.8 Å². The van der Waals surface area contributed by atoms with E-state index in [1.54, 1.807) is 13.1 Å². The molecule has 6 nitrogen and oxygen atoms in total. The van der Waals surface area contributed by atoms with Gasteiger partial charge < -0.3 is 15.0 Å². The Bertz CT molecular complexity index is 841. The van der Waals surface area contributed by atoms with Crippen molar-refractivity contribution >= 4 is 11.9 Å². The predicted octanol–water partition coefficient (Wildman–Crippen LogP) is 2.23. The number of carbonyl (C=O) groups is 2. The lowest BCUT2D eigenvalue weighted by Crippen LogP contribution is -2.38. The van der Waals surface area contributed by atoms with Gasteiger partial charge >= 0.3 is 5.97 Å². The highest BCUT2D eigenvalue weighted by Gasteiger charge is 2.21. The third-order valence-corrected chi connectivity index (χ3v) is 5.22. The fourth-order valence-electron chi connectivity index (χ4n) is 3.82. The van der Waals surface area contributed by atoms with Crippen molar-refractivity contribution in [2.24, 2.45) is 0 Å². The minimum Gasteiger partial charge on any atom is -0.478 e. The van der Waals surface area contributed by atoms with E-state index in [9.17, 15) is 14.7 Å². The molecule has 3 rings (SSSR count). The van der Waals surface area contributed by atoms with Crippen molar-refractivity contribution < 1.29 is 14.7 Å². The van der Waals surface area contributed by atoms with Crippen LogP contribution in [0.3, 0.4) is 0 Å². The van der Waals surface area contributed by atoms with Gasteiger partial charge in [-0.1, -0.05) is 24.3 Å². The van der Waals surface area contributed by atoms with Crippen LogP contribution in [0.1, 0.15) is 39.7 Å². The number of benzene rings is 1. The number of rotatable bonds is 7. The van der Waals surface area contributed by atoms with Crippen molar-refractivity contribution in [3.8, 4) is 0 Å². The minimum absolute atomic E-state index is 0.0894. The van der Waals surface area contributed by atoms with E-state index in [4.69, 9.17) is 0 Å². The van der Waals surface area contributed by atoms with Gasteiger partial charge in [-0.15, -0.1) is 0 Å². The number of aryl methyl sites for hydroxylation is 2. The molecule has 0 saturated heterocycles. The van der Waals surface area contributed by atoms with Crippen LogP contribution in [0.2, 0.25) is 0 Å². The summed E-state index contributed by atoms with van der Waals surface area (Å²) >= 11 is 0. The highest BCUT2D eigenvalue weighted by atomic mass is 16.4. The molecule has 144 valence electrons. The number of carbonyl (C=O) groups excluding carboxylic acids is 1. The second-order valence-electron chi connectivity index (χ2n) is 7.05. The summed E-state index contributed by atoms with van der Waals surface area (Å²) in [4.78, 5) is 26.2. The average Bonchev–Trinajstić information content (AvgIpc) is 2.96. The van der Waals surface area contributed by atoms with E-state index in [2.05, 4.69) is 34.5 Å². The highest BCUT2D eigenvalue weighted by Crippen LogP contribution is 2.19. The Morgan fingerprint density at radius 3 is 2.67 bits per heavy atom. The average molecular weight is 369 g/mol. The Morgan fingerprint density at radius 2 is 1.96 bits per heavy atom. The van der Waals surface area contributed by atoms with Gasteiger partial charge in [-0.3, -0.25) is 9.69 Å². The fraction of sp³-hybridized carbons (Fsp3) is 0.429. The lowest BCUT2D eigenvalue weighted by molar-refractivity contribution is -0.120. The first-order valence-electron chi connectivity index (χ1n) is 9.47. The molecule has 1 aliphatic heterocycles. The number of fused-ring (bicyclic) bond motifs is 1. The van der Waals surface area contributed by atoms with E-state index in [0.717, 1.165) is 26.1 Å². The monoisotopic (exact) mass is 369 g/mol. The molecule has 0 spiro atoms. The zero-order chi connectivity index (χ0) is 19.4. The maximum Gasteiger partial charge on any atom is 0.337 e. The van der Waals surface area contributed by atoms with Gasteiger partial charge in [0, 0.05) is 44.6 Å². The number of aromatic carboxylic acids is 1. The number of nitrogens with one attached hydrogen (secondary N) is 1. The van der Waals surface area contributed by atoms with E-state index >= 15 is 0 Å². The van der Waals surface area contributed by atoms with Crippen molar-refractivity contribution in [3.63, 3.8) is 0 Å². The van der Waals surface area contributed by atoms with Gasteiger partial charge in [-0.05, 0) is 37.0 Å². The third-order valence-electron chi connectivity index (χ3n) is 5.22. The first-order chi connectivity index (χ1) is 13.0. The van der Waals surface area contributed by atoms with Crippen LogP contribution >= 0.6 is 0 Å². The van der Waals surface area contributed by atoms with Gasteiger partial charge in [0.05, 0.1) is 12.0 Å². The Labute approximate surface area is 159 Å². The minimum atomic E-state index is -0.977. The first kappa shape index (κ1) is 19.2. The van der Waals surface area contributed by atoms with Crippen LogP contribution in [0.4, 0.5) is 0 Å². The summed E-state index contributed by atoms with van der Waals surface area (Å²) in [7, 11) is 0. The Balaban J connectivity index is 1.53. The van der Waals surface area contributed by atoms with Crippen molar-refractivity contribution in [3.05, 3.63) is 58.4 Å². The Kier molecular flexibility index (Phi) is 5.96. The molecule has 1 aromatic heterocycles. The van der Waals surface area contributed by atoms with Crippen molar-refractivity contribution in [1.29, 1.82) is 0 Å². The lowest BCUT2D eigenvalue weighted by Gasteiger charge is -2.28. The summed E-state index contributed by atoms with van der Waals surface area (Å²) in [6.07, 6.45) is 2.93. The van der Waals surface area contributed by atoms with Crippen LogP contribution in [-0.4, -0.2) is 46.1 Å². The predicted molar refractivity (Wildman–Crippen MR) is 104 cm³/mol. The second kappa shape index (κ2) is 8.39. The molecule has 0 fully saturated rings. The molecule has 0 unspecified atom stereocenters. The molecule has 0 saturated carbocycles. The number of carboxylic acid groups (broad SMARTS) is 1. The summed E-state index contributed by atoms with van der Waals surface area (Å²) < 4.78 is 1.85. The highest BCUT2D eigenvalue weighted by molar-refractivity contribution is 5.93. The summed E-state index contributed by atoms with van der Waals surface area (Å²) in [6.45, 7) is 7.62. The molecule has 0 atom stereocenters. The van der Waals surface area contributed by atoms with E-state index < -0.39 is 5.97 Å². The maximum atomic E-state index is 12.4. The topological polar surface area (TPSA) is 74.6 Å². The number of hydrogen-bond acceptors (Lipinski definition) is 3. The van der Waals surface area contributed by atoms with Gasteiger partial charge in [0.15, 0.2) is 0 Å². The van der Waals surface area contributed by atoms with Gasteiger partial charge in [-0.2, -0.15) is 0 Å². The van der Waals surface area contributed by atoms with Crippen LogP contribution in [0.15, 0.2) is 30.5 Å². The SMILES string of the molecule is CCn1cc(C)c(C(=O)O)c1CC(=O)NCCN1CCc2ccccc2C1. The van der Waals surface area contributed by atoms with Crippen LogP contribution in [0.5, 0.6) is 0 Å². The smallest absolute Gasteiger partial charge is 0.337 e. The zero-order valence-electron chi connectivity index (χ0n) is 16.0. The molecule has 0 aliphatic carbocycles. The van der Waals surface area contributed by atoms with Crippen LogP contribution < -0.4 is 5.32 Å². The van der Waals surface area contributed by atoms with Crippen LogP contribution in [0.25, 0.3) is 0 Å². The summed E-state index contributed by atoms with van der Waals surface area (Å²) in [6, 6.07) is 8.48. The molecule has 2 N–H and O–H groups in total. The Morgan fingerprint density at radius 1 is 1.22 bits per heavy atom. The molecule has 1 amide bonds. The van der Waals surface area contributed by atoms with E-state index in [1.165, 1.54) is 11.1 Å². The molecular weight excluding hydrogens is 342 g/mol. The molecule has 27 heavy (non-hydrogen) atoms. The van der Waals surface area contributed by atoms with Gasteiger partial charge in [0.25, 0.3) is 0 Å². The maximum absolute atomic E-state index is 12.4.